The van der Waals surface area contributed by atoms with Gasteiger partial charge in [0.15, 0.2) is 0 Å². The van der Waals surface area contributed by atoms with Crippen LogP contribution in [0.15, 0.2) is 54.6 Å². The first-order chi connectivity index (χ1) is 14.5. The summed E-state index contributed by atoms with van der Waals surface area (Å²) in [4.78, 5) is 0. The van der Waals surface area contributed by atoms with Gasteiger partial charge in [-0.1, -0.05) is 53.5 Å². The van der Waals surface area contributed by atoms with Crippen molar-refractivity contribution in [3.05, 3.63) is 68.8 Å². The number of aryl methyl sites for hydroxylation is 1. The number of para-hydroxylation sites is 1. The fraction of sp³-hybridized carbons (Fsp3) is 0.0833. The summed E-state index contributed by atoms with van der Waals surface area (Å²) in [5.74, 6) is 0.806. The number of thiophene rings is 2. The Kier molecular flexibility index (Phi) is 4.91. The highest BCUT2D eigenvalue weighted by Crippen LogP contribution is 2.49. The van der Waals surface area contributed by atoms with Crippen molar-refractivity contribution >= 4 is 71.7 Å². The number of anilines is 1. The van der Waals surface area contributed by atoms with Gasteiger partial charge in [-0.2, -0.15) is 0 Å². The topological polar surface area (TPSA) is 35.2 Å². The maximum Gasteiger partial charge on any atom is 0.120 e. The van der Waals surface area contributed by atoms with Crippen LogP contribution in [0.3, 0.4) is 0 Å². The third-order valence-corrected chi connectivity index (χ3v) is 8.02. The molecule has 0 spiro atoms. The van der Waals surface area contributed by atoms with Crippen LogP contribution < -0.4 is 10.5 Å². The Morgan fingerprint density at radius 2 is 1.37 bits per heavy atom. The average Bonchev–Trinajstić information content (AvgIpc) is 3.22. The van der Waals surface area contributed by atoms with Gasteiger partial charge < -0.3 is 10.5 Å². The number of hydrogen-bond donors (Lipinski definition) is 1. The second kappa shape index (κ2) is 7.47. The number of nitrogen functional groups attached to an aromatic ring is 1. The van der Waals surface area contributed by atoms with Crippen molar-refractivity contribution in [2.75, 3.05) is 12.8 Å². The molecule has 0 amide bonds. The first kappa shape index (κ1) is 19.7. The fourth-order valence-electron chi connectivity index (χ4n) is 3.85. The number of nitrogens with two attached hydrogens (primary N) is 1. The third kappa shape index (κ3) is 3.07. The standard InChI is InChI=1S/C24H17Cl2NOS2/c1-12-6-8-14-18(10-12)29-23(25)20(14)16-4-3-5-17(22(16)27)21-15-9-7-13(28-2)11-19(15)30-24(21)26/h3-11H,27H2,1-2H3. The number of benzene rings is 3. The molecule has 2 nitrogen and oxygen atoms in total. The van der Waals surface area contributed by atoms with Gasteiger partial charge in [0.05, 0.1) is 7.11 Å². The minimum Gasteiger partial charge on any atom is -0.497 e. The molecule has 30 heavy (non-hydrogen) atoms. The van der Waals surface area contributed by atoms with E-state index in [1.807, 2.05) is 36.4 Å². The normalized spacial score (nSPS) is 11.5. The molecule has 0 atom stereocenters. The Balaban J connectivity index is 1.75. The van der Waals surface area contributed by atoms with E-state index in [4.69, 9.17) is 33.7 Å². The van der Waals surface area contributed by atoms with Crippen LogP contribution >= 0.6 is 45.9 Å². The van der Waals surface area contributed by atoms with Gasteiger partial charge in [0, 0.05) is 48.1 Å². The van der Waals surface area contributed by atoms with E-state index in [0.29, 0.717) is 10.0 Å². The first-order valence-electron chi connectivity index (χ1n) is 9.32. The zero-order valence-electron chi connectivity index (χ0n) is 16.3. The Hall–Kier alpha value is -2.24. The second-order valence-electron chi connectivity index (χ2n) is 7.13. The van der Waals surface area contributed by atoms with E-state index in [9.17, 15) is 0 Å². The molecule has 0 aliphatic heterocycles. The molecule has 150 valence electrons. The zero-order chi connectivity index (χ0) is 21.0. The molecule has 0 saturated carbocycles. The van der Waals surface area contributed by atoms with Gasteiger partial charge in [-0.25, -0.2) is 0 Å². The molecular formula is C24H17Cl2NOS2. The van der Waals surface area contributed by atoms with Gasteiger partial charge >= 0.3 is 0 Å². The average molecular weight is 470 g/mol. The lowest BCUT2D eigenvalue weighted by molar-refractivity contribution is 0.415. The molecule has 0 radical (unpaired) electrons. The molecule has 0 fully saturated rings. The van der Waals surface area contributed by atoms with E-state index in [-0.39, 0.29) is 0 Å². The predicted molar refractivity (Wildman–Crippen MR) is 134 cm³/mol. The van der Waals surface area contributed by atoms with Crippen molar-refractivity contribution in [2.24, 2.45) is 0 Å². The molecule has 0 bridgehead atoms. The lowest BCUT2D eigenvalue weighted by atomic mass is 9.95. The van der Waals surface area contributed by atoms with E-state index in [0.717, 1.165) is 52.5 Å². The predicted octanol–water partition coefficient (Wildman–Crippen LogP) is 8.66. The smallest absolute Gasteiger partial charge is 0.120 e. The van der Waals surface area contributed by atoms with E-state index in [2.05, 4.69) is 25.1 Å². The Labute approximate surface area is 192 Å². The molecule has 5 aromatic rings. The highest BCUT2D eigenvalue weighted by molar-refractivity contribution is 7.24. The van der Waals surface area contributed by atoms with Gasteiger partial charge in [-0.05, 0) is 36.8 Å². The van der Waals surface area contributed by atoms with Crippen molar-refractivity contribution in [1.82, 2.24) is 0 Å². The van der Waals surface area contributed by atoms with Crippen LogP contribution in [0.5, 0.6) is 5.75 Å². The van der Waals surface area contributed by atoms with E-state index < -0.39 is 0 Å². The molecule has 2 aromatic heterocycles. The van der Waals surface area contributed by atoms with E-state index in [1.165, 1.54) is 16.9 Å². The SMILES string of the molecule is COc1ccc2c(-c3cccc(-c4c(Cl)sc5cc(C)ccc45)c3N)c(Cl)sc2c1. The maximum absolute atomic E-state index is 6.74. The van der Waals surface area contributed by atoms with E-state index >= 15 is 0 Å². The molecule has 5 rings (SSSR count). The Bertz CT molecular complexity index is 1430. The van der Waals surface area contributed by atoms with Crippen molar-refractivity contribution < 1.29 is 4.74 Å². The van der Waals surface area contributed by atoms with Crippen molar-refractivity contribution in [2.45, 2.75) is 6.92 Å². The van der Waals surface area contributed by atoms with Crippen LogP contribution in [0.25, 0.3) is 42.4 Å². The van der Waals surface area contributed by atoms with Crippen molar-refractivity contribution in [3.63, 3.8) is 0 Å². The minimum absolute atomic E-state index is 0.678. The lowest BCUT2D eigenvalue weighted by Gasteiger charge is -2.12. The number of halogens is 2. The lowest BCUT2D eigenvalue weighted by Crippen LogP contribution is -1.94. The zero-order valence-corrected chi connectivity index (χ0v) is 19.4. The molecule has 0 aliphatic rings. The third-order valence-electron chi connectivity index (χ3n) is 5.30. The molecule has 3 aromatic carbocycles. The molecule has 0 aliphatic carbocycles. The van der Waals surface area contributed by atoms with Crippen LogP contribution in [-0.4, -0.2) is 7.11 Å². The second-order valence-corrected chi connectivity index (χ2v) is 10.4. The number of hydrogen-bond acceptors (Lipinski definition) is 4. The van der Waals surface area contributed by atoms with Crippen LogP contribution in [0.1, 0.15) is 5.56 Å². The highest BCUT2D eigenvalue weighted by atomic mass is 35.5. The summed E-state index contributed by atoms with van der Waals surface area (Å²) >= 11 is 16.5. The monoisotopic (exact) mass is 469 g/mol. The van der Waals surface area contributed by atoms with Crippen LogP contribution in [0.2, 0.25) is 8.67 Å². The van der Waals surface area contributed by atoms with Crippen LogP contribution in [-0.2, 0) is 0 Å². The quantitative estimate of drug-likeness (QED) is 0.268. The summed E-state index contributed by atoms with van der Waals surface area (Å²) in [6, 6.07) is 18.4. The van der Waals surface area contributed by atoms with Gasteiger partial charge in [-0.15, -0.1) is 22.7 Å². The highest BCUT2D eigenvalue weighted by Gasteiger charge is 2.20. The minimum atomic E-state index is 0.678. The summed E-state index contributed by atoms with van der Waals surface area (Å²) in [7, 11) is 1.66. The van der Waals surface area contributed by atoms with Crippen LogP contribution in [0, 0.1) is 6.92 Å². The van der Waals surface area contributed by atoms with Gasteiger partial charge in [0.1, 0.15) is 14.4 Å². The van der Waals surface area contributed by atoms with Gasteiger partial charge in [0.2, 0.25) is 0 Å². The van der Waals surface area contributed by atoms with E-state index in [1.54, 1.807) is 18.4 Å². The van der Waals surface area contributed by atoms with Gasteiger partial charge in [-0.3, -0.25) is 0 Å². The summed E-state index contributed by atoms with van der Waals surface area (Å²) in [6.45, 7) is 2.08. The molecule has 2 N–H and O–H groups in total. The number of methoxy groups -OCH3 is 1. The molecule has 2 heterocycles. The summed E-state index contributed by atoms with van der Waals surface area (Å²) < 4.78 is 9.03. The van der Waals surface area contributed by atoms with Crippen molar-refractivity contribution in [3.8, 4) is 28.0 Å². The molecule has 0 saturated heterocycles. The largest absolute Gasteiger partial charge is 0.497 e. The molecular weight excluding hydrogens is 453 g/mol. The number of fused-ring (bicyclic) bond motifs is 2. The maximum atomic E-state index is 6.74. The number of rotatable bonds is 3. The molecule has 6 heteroatoms. The number of ether oxygens (including phenoxy) is 1. The summed E-state index contributed by atoms with van der Waals surface area (Å²) in [5.41, 5.74) is 12.4. The fourth-order valence-corrected chi connectivity index (χ4v) is 6.77. The summed E-state index contributed by atoms with van der Waals surface area (Å²) in [5, 5.41) is 2.18. The Morgan fingerprint density at radius 1 is 0.800 bits per heavy atom. The first-order valence-corrected chi connectivity index (χ1v) is 11.7. The van der Waals surface area contributed by atoms with Gasteiger partial charge in [0.25, 0.3) is 0 Å². The van der Waals surface area contributed by atoms with Crippen molar-refractivity contribution in [1.29, 1.82) is 0 Å². The Morgan fingerprint density at radius 3 is 1.97 bits per heavy atom. The van der Waals surface area contributed by atoms with Crippen LogP contribution in [0.4, 0.5) is 5.69 Å². The molecule has 0 unspecified atom stereocenters. The summed E-state index contributed by atoms with van der Waals surface area (Å²) in [6.07, 6.45) is 0.